The van der Waals surface area contributed by atoms with Gasteiger partial charge in [-0.05, 0) is 25.0 Å². The van der Waals surface area contributed by atoms with E-state index in [1.54, 1.807) is 0 Å². The summed E-state index contributed by atoms with van der Waals surface area (Å²) in [6, 6.07) is 3.49. The molecule has 0 unspecified atom stereocenters. The largest absolute Gasteiger partial charge is 0.481 e. The van der Waals surface area contributed by atoms with E-state index in [1.807, 2.05) is 0 Å². The molecule has 0 aromatic heterocycles. The van der Waals surface area contributed by atoms with Gasteiger partial charge in [-0.1, -0.05) is 12.5 Å². The molecule has 0 amide bonds. The van der Waals surface area contributed by atoms with Crippen molar-refractivity contribution in [2.24, 2.45) is 0 Å². The van der Waals surface area contributed by atoms with Gasteiger partial charge >= 0.3 is 5.97 Å². The van der Waals surface area contributed by atoms with Gasteiger partial charge in [-0.15, -0.1) is 0 Å². The molecule has 0 atom stereocenters. The fourth-order valence-electron chi connectivity index (χ4n) is 1.59. The molecule has 0 aliphatic rings. The van der Waals surface area contributed by atoms with E-state index in [9.17, 15) is 18.4 Å². The van der Waals surface area contributed by atoms with Crippen molar-refractivity contribution in [2.45, 2.75) is 32.1 Å². The van der Waals surface area contributed by atoms with Gasteiger partial charge in [0.25, 0.3) is 0 Å². The normalized spacial score (nSPS) is 10.3. The highest BCUT2D eigenvalue weighted by Gasteiger charge is 2.14. The number of benzene rings is 1. The van der Waals surface area contributed by atoms with Gasteiger partial charge in [-0.3, -0.25) is 9.59 Å². The van der Waals surface area contributed by atoms with Crippen LogP contribution in [-0.4, -0.2) is 16.9 Å². The smallest absolute Gasteiger partial charge is 0.303 e. The van der Waals surface area contributed by atoms with Crippen LogP contribution in [0.15, 0.2) is 18.2 Å². The lowest BCUT2D eigenvalue weighted by atomic mass is 10.0. The predicted molar refractivity (Wildman–Crippen MR) is 61.4 cm³/mol. The minimum absolute atomic E-state index is 0.0581. The zero-order valence-corrected chi connectivity index (χ0v) is 9.79. The lowest BCUT2D eigenvalue weighted by Crippen LogP contribution is -2.04. The highest BCUT2D eigenvalue weighted by Crippen LogP contribution is 2.15. The Balaban J connectivity index is 2.41. The molecule has 0 spiro atoms. The van der Waals surface area contributed by atoms with Gasteiger partial charge in [0, 0.05) is 12.8 Å². The van der Waals surface area contributed by atoms with Crippen LogP contribution in [0, 0.1) is 11.6 Å². The SMILES string of the molecule is O=C(O)CCCCCC(=O)c1cccc(F)c1F. The molecule has 3 nitrogen and oxygen atoms in total. The lowest BCUT2D eigenvalue weighted by molar-refractivity contribution is -0.137. The molecule has 1 aromatic rings. The zero-order valence-electron chi connectivity index (χ0n) is 9.79. The van der Waals surface area contributed by atoms with Crippen molar-refractivity contribution >= 4 is 11.8 Å². The van der Waals surface area contributed by atoms with Crippen LogP contribution in [0.2, 0.25) is 0 Å². The second-order valence-corrected chi connectivity index (χ2v) is 3.98. The van der Waals surface area contributed by atoms with Crippen LogP contribution in [0.4, 0.5) is 8.78 Å². The first-order valence-corrected chi connectivity index (χ1v) is 5.71. The van der Waals surface area contributed by atoms with Gasteiger partial charge in [-0.2, -0.15) is 0 Å². The molecule has 0 fully saturated rings. The standard InChI is InChI=1S/C13H14F2O3/c14-10-6-4-5-9(13(10)15)11(16)7-2-1-3-8-12(17)18/h4-6H,1-3,7-8H2,(H,17,18). The number of hydrogen-bond acceptors (Lipinski definition) is 2. The van der Waals surface area contributed by atoms with Crippen molar-refractivity contribution in [3.63, 3.8) is 0 Å². The molecule has 98 valence electrons. The number of hydrogen-bond donors (Lipinski definition) is 1. The monoisotopic (exact) mass is 256 g/mol. The van der Waals surface area contributed by atoms with E-state index in [1.165, 1.54) is 12.1 Å². The van der Waals surface area contributed by atoms with Gasteiger partial charge in [0.2, 0.25) is 0 Å². The lowest BCUT2D eigenvalue weighted by Gasteiger charge is -2.03. The van der Waals surface area contributed by atoms with E-state index >= 15 is 0 Å². The molecule has 0 aliphatic heterocycles. The summed E-state index contributed by atoms with van der Waals surface area (Å²) in [5.41, 5.74) is -0.242. The Hall–Kier alpha value is -1.78. The van der Waals surface area contributed by atoms with Crippen LogP contribution in [0.1, 0.15) is 42.5 Å². The third kappa shape index (κ3) is 4.24. The zero-order chi connectivity index (χ0) is 13.5. The Morgan fingerprint density at radius 1 is 1.06 bits per heavy atom. The van der Waals surface area contributed by atoms with Crippen LogP contribution in [0.25, 0.3) is 0 Å². The van der Waals surface area contributed by atoms with Crippen LogP contribution < -0.4 is 0 Å². The van der Waals surface area contributed by atoms with Crippen molar-refractivity contribution in [1.82, 2.24) is 0 Å². The summed E-state index contributed by atoms with van der Waals surface area (Å²) in [4.78, 5) is 21.8. The van der Waals surface area contributed by atoms with E-state index in [-0.39, 0.29) is 18.4 Å². The Morgan fingerprint density at radius 2 is 1.72 bits per heavy atom. The number of aliphatic carboxylic acids is 1. The van der Waals surface area contributed by atoms with Crippen LogP contribution in [0.5, 0.6) is 0 Å². The van der Waals surface area contributed by atoms with Gasteiger partial charge in [-0.25, -0.2) is 8.78 Å². The quantitative estimate of drug-likeness (QED) is 0.602. The number of carbonyl (C=O) groups is 2. The molecule has 0 saturated carbocycles. The second kappa shape index (κ2) is 6.83. The molecular formula is C13H14F2O3. The minimum atomic E-state index is -1.12. The van der Waals surface area contributed by atoms with Gasteiger partial charge in [0.05, 0.1) is 5.56 Å². The Kier molecular flexibility index (Phi) is 5.42. The van der Waals surface area contributed by atoms with E-state index in [4.69, 9.17) is 5.11 Å². The highest BCUT2D eigenvalue weighted by molar-refractivity contribution is 5.96. The number of carboxylic acids is 1. The number of carbonyl (C=O) groups excluding carboxylic acids is 1. The number of halogens is 2. The van der Waals surface area contributed by atoms with Crippen molar-refractivity contribution in [3.8, 4) is 0 Å². The van der Waals surface area contributed by atoms with Crippen molar-refractivity contribution in [1.29, 1.82) is 0 Å². The first-order valence-electron chi connectivity index (χ1n) is 5.71. The topological polar surface area (TPSA) is 54.4 Å². The van der Waals surface area contributed by atoms with Crippen LogP contribution in [-0.2, 0) is 4.79 Å². The predicted octanol–water partition coefficient (Wildman–Crippen LogP) is 3.18. The maximum atomic E-state index is 13.3. The molecule has 1 N–H and O–H groups in total. The summed E-state index contributed by atoms with van der Waals surface area (Å²) in [5, 5.41) is 8.41. The van der Waals surface area contributed by atoms with Crippen molar-refractivity contribution in [2.75, 3.05) is 0 Å². The summed E-state index contributed by atoms with van der Waals surface area (Å²) in [7, 11) is 0. The highest BCUT2D eigenvalue weighted by atomic mass is 19.2. The van der Waals surface area contributed by atoms with E-state index in [2.05, 4.69) is 0 Å². The molecule has 0 aliphatic carbocycles. The Labute approximate surface area is 103 Å². The number of unbranched alkanes of at least 4 members (excludes halogenated alkanes) is 2. The molecule has 0 saturated heterocycles. The average Bonchev–Trinajstić information content (AvgIpc) is 2.31. The van der Waals surface area contributed by atoms with E-state index < -0.39 is 23.4 Å². The average molecular weight is 256 g/mol. The Bertz CT molecular complexity index is 444. The summed E-state index contributed by atoms with van der Waals surface area (Å²) >= 11 is 0. The van der Waals surface area contributed by atoms with E-state index in [0.29, 0.717) is 19.3 Å². The minimum Gasteiger partial charge on any atom is -0.481 e. The fraction of sp³-hybridized carbons (Fsp3) is 0.385. The van der Waals surface area contributed by atoms with Gasteiger partial charge in [0.15, 0.2) is 17.4 Å². The number of carboxylic acid groups (broad SMARTS) is 1. The molecule has 1 rings (SSSR count). The van der Waals surface area contributed by atoms with Gasteiger partial charge < -0.3 is 5.11 Å². The van der Waals surface area contributed by atoms with Gasteiger partial charge in [0.1, 0.15) is 0 Å². The summed E-state index contributed by atoms with van der Waals surface area (Å²) < 4.78 is 26.1. The molecule has 5 heteroatoms. The first-order chi connectivity index (χ1) is 8.52. The molecule has 0 heterocycles. The summed E-state index contributed by atoms with van der Waals surface area (Å²) in [6.45, 7) is 0. The fourth-order valence-corrected chi connectivity index (χ4v) is 1.59. The number of ketones is 1. The number of Topliss-reactive ketones (excluding diaryl/α,β-unsaturated/α-hetero) is 1. The van der Waals surface area contributed by atoms with E-state index in [0.717, 1.165) is 6.07 Å². The molecule has 0 bridgehead atoms. The third-order valence-corrected chi connectivity index (χ3v) is 2.55. The summed E-state index contributed by atoms with van der Waals surface area (Å²) in [6.07, 6.45) is 1.69. The van der Waals surface area contributed by atoms with Crippen molar-refractivity contribution in [3.05, 3.63) is 35.4 Å². The maximum absolute atomic E-state index is 13.3. The first kappa shape index (κ1) is 14.3. The Morgan fingerprint density at radius 3 is 2.39 bits per heavy atom. The third-order valence-electron chi connectivity index (χ3n) is 2.55. The second-order valence-electron chi connectivity index (χ2n) is 3.98. The number of rotatable bonds is 7. The molecule has 1 aromatic carbocycles. The summed E-state index contributed by atoms with van der Waals surface area (Å²) in [5.74, 6) is -3.49. The van der Waals surface area contributed by atoms with Crippen LogP contribution >= 0.6 is 0 Å². The maximum Gasteiger partial charge on any atom is 0.303 e. The molecule has 18 heavy (non-hydrogen) atoms. The van der Waals surface area contributed by atoms with Crippen molar-refractivity contribution < 1.29 is 23.5 Å². The molecule has 0 radical (unpaired) electrons. The van der Waals surface area contributed by atoms with Crippen LogP contribution in [0.3, 0.4) is 0 Å². The molecular weight excluding hydrogens is 242 g/mol.